The fourth-order valence-electron chi connectivity index (χ4n) is 2.80. The average molecular weight is 266 g/mol. The number of hydrogen-bond acceptors (Lipinski definition) is 4. The number of carbonyl (C=O) groups is 1. The number of aliphatic hydroxyl groups is 1. The Morgan fingerprint density at radius 2 is 2.21 bits per heavy atom. The molecule has 0 unspecified atom stereocenters. The van der Waals surface area contributed by atoms with Gasteiger partial charge < -0.3 is 15.7 Å². The Morgan fingerprint density at radius 3 is 2.74 bits per heavy atom. The fourth-order valence-corrected chi connectivity index (χ4v) is 2.80. The molecule has 6 heteroatoms. The minimum absolute atomic E-state index is 0.0278. The Hall–Kier alpha value is -1.56. The zero-order valence-electron chi connectivity index (χ0n) is 11.4. The summed E-state index contributed by atoms with van der Waals surface area (Å²) >= 11 is 0. The molecule has 1 amide bonds. The molecular weight excluding hydrogens is 244 g/mol. The first-order valence-electron chi connectivity index (χ1n) is 6.84. The second-order valence-corrected chi connectivity index (χ2v) is 5.09. The second-order valence-electron chi connectivity index (χ2n) is 5.09. The molecule has 2 rings (SSSR count). The highest BCUT2D eigenvalue weighted by Gasteiger charge is 2.28. The summed E-state index contributed by atoms with van der Waals surface area (Å²) in [6.07, 6.45) is 7.01. The van der Waals surface area contributed by atoms with Crippen molar-refractivity contribution >= 4 is 11.6 Å². The Balaban J connectivity index is 2.20. The number of anilines is 1. The van der Waals surface area contributed by atoms with Crippen LogP contribution < -0.4 is 5.73 Å². The summed E-state index contributed by atoms with van der Waals surface area (Å²) < 4.78 is 1.50. The van der Waals surface area contributed by atoms with Crippen LogP contribution in [0.15, 0.2) is 6.20 Å². The van der Waals surface area contributed by atoms with Gasteiger partial charge in [-0.05, 0) is 12.8 Å². The summed E-state index contributed by atoms with van der Waals surface area (Å²) in [6, 6.07) is 0.211. The normalized spacial score (nSPS) is 16.5. The van der Waals surface area contributed by atoms with Gasteiger partial charge in [-0.3, -0.25) is 9.48 Å². The van der Waals surface area contributed by atoms with Gasteiger partial charge in [-0.25, -0.2) is 0 Å². The summed E-state index contributed by atoms with van der Waals surface area (Å²) in [5.74, 6) is -0.126. The summed E-state index contributed by atoms with van der Waals surface area (Å²) in [5, 5.41) is 13.2. The molecule has 0 bridgehead atoms. The van der Waals surface area contributed by atoms with E-state index in [-0.39, 0.29) is 18.6 Å². The van der Waals surface area contributed by atoms with Gasteiger partial charge in [0.1, 0.15) is 5.69 Å². The molecule has 0 aromatic carbocycles. The van der Waals surface area contributed by atoms with Crippen LogP contribution in [0.1, 0.15) is 42.6 Å². The molecule has 1 saturated carbocycles. The number of nitrogens with two attached hydrogens (primary N) is 1. The molecule has 19 heavy (non-hydrogen) atoms. The number of aryl methyl sites for hydroxylation is 1. The van der Waals surface area contributed by atoms with Crippen molar-refractivity contribution in [2.75, 3.05) is 18.9 Å². The molecule has 6 nitrogen and oxygen atoms in total. The molecule has 0 saturated heterocycles. The van der Waals surface area contributed by atoms with Gasteiger partial charge in [0.25, 0.3) is 5.91 Å². The third-order valence-electron chi connectivity index (χ3n) is 3.79. The molecule has 1 aliphatic carbocycles. The van der Waals surface area contributed by atoms with Crippen LogP contribution in [0, 0.1) is 0 Å². The van der Waals surface area contributed by atoms with Crippen LogP contribution in [-0.4, -0.2) is 44.9 Å². The van der Waals surface area contributed by atoms with Gasteiger partial charge in [0.2, 0.25) is 0 Å². The van der Waals surface area contributed by atoms with Crippen LogP contribution >= 0.6 is 0 Å². The van der Waals surface area contributed by atoms with Crippen molar-refractivity contribution in [3.63, 3.8) is 0 Å². The lowest BCUT2D eigenvalue weighted by Gasteiger charge is -2.34. The monoisotopic (exact) mass is 266 g/mol. The summed E-state index contributed by atoms with van der Waals surface area (Å²) in [4.78, 5) is 14.4. The summed E-state index contributed by atoms with van der Waals surface area (Å²) in [7, 11) is 1.71. The van der Waals surface area contributed by atoms with Gasteiger partial charge in [0.15, 0.2) is 0 Å². The first-order chi connectivity index (χ1) is 9.15. The molecule has 1 aromatic heterocycles. The highest BCUT2D eigenvalue weighted by Crippen LogP contribution is 2.24. The Labute approximate surface area is 113 Å². The van der Waals surface area contributed by atoms with Crippen molar-refractivity contribution in [1.82, 2.24) is 14.7 Å². The third-order valence-corrected chi connectivity index (χ3v) is 3.79. The lowest BCUT2D eigenvalue weighted by atomic mass is 9.94. The van der Waals surface area contributed by atoms with Crippen LogP contribution in [0.3, 0.4) is 0 Å². The number of nitrogens with zero attached hydrogens (tertiary/aromatic N) is 3. The quantitative estimate of drug-likeness (QED) is 0.843. The van der Waals surface area contributed by atoms with Crippen molar-refractivity contribution in [1.29, 1.82) is 0 Å². The van der Waals surface area contributed by atoms with Crippen molar-refractivity contribution in [2.45, 2.75) is 38.1 Å². The number of hydrogen-bond donors (Lipinski definition) is 2. The van der Waals surface area contributed by atoms with Crippen LogP contribution in [0.25, 0.3) is 0 Å². The number of rotatable bonds is 4. The van der Waals surface area contributed by atoms with Crippen molar-refractivity contribution in [3.8, 4) is 0 Å². The lowest BCUT2D eigenvalue weighted by Crippen LogP contribution is -2.44. The predicted octanol–water partition coefficient (Wildman–Crippen LogP) is 0.769. The number of aromatic nitrogens is 2. The van der Waals surface area contributed by atoms with Gasteiger partial charge in [0, 0.05) is 19.6 Å². The van der Waals surface area contributed by atoms with Crippen LogP contribution in [-0.2, 0) is 7.05 Å². The molecular formula is C13H22N4O2. The fraction of sp³-hybridized carbons (Fsp3) is 0.692. The molecule has 0 spiro atoms. The molecule has 0 radical (unpaired) electrons. The zero-order chi connectivity index (χ0) is 13.8. The molecule has 1 aromatic rings. The maximum atomic E-state index is 12.6. The number of carbonyl (C=O) groups excluding carboxylic acids is 1. The highest BCUT2D eigenvalue weighted by molar-refractivity contribution is 5.97. The average Bonchev–Trinajstić information content (AvgIpc) is 2.76. The van der Waals surface area contributed by atoms with Crippen LogP contribution in [0.4, 0.5) is 5.69 Å². The zero-order valence-corrected chi connectivity index (χ0v) is 11.4. The van der Waals surface area contributed by atoms with Crippen molar-refractivity contribution in [3.05, 3.63) is 11.9 Å². The molecule has 1 fully saturated rings. The minimum Gasteiger partial charge on any atom is -0.396 e. The van der Waals surface area contributed by atoms with Crippen molar-refractivity contribution in [2.24, 2.45) is 7.05 Å². The second kappa shape index (κ2) is 6.06. The van der Waals surface area contributed by atoms with Gasteiger partial charge in [-0.15, -0.1) is 0 Å². The number of aliphatic hydroxyl groups excluding tert-OH is 1. The molecule has 1 aliphatic rings. The summed E-state index contributed by atoms with van der Waals surface area (Å²) in [5.41, 5.74) is 6.62. The Kier molecular flexibility index (Phi) is 4.42. The summed E-state index contributed by atoms with van der Waals surface area (Å²) in [6.45, 7) is 0.327. The van der Waals surface area contributed by atoms with Gasteiger partial charge in [-0.1, -0.05) is 19.3 Å². The first-order valence-corrected chi connectivity index (χ1v) is 6.84. The van der Waals surface area contributed by atoms with E-state index in [4.69, 9.17) is 5.73 Å². The van der Waals surface area contributed by atoms with Crippen LogP contribution in [0.5, 0.6) is 0 Å². The van der Waals surface area contributed by atoms with E-state index in [1.165, 1.54) is 17.3 Å². The SMILES string of the molecule is Cn1ncc(N)c1C(=O)N(CCO)C1CCCCC1. The molecule has 3 N–H and O–H groups in total. The van der Waals surface area contributed by atoms with E-state index in [0.29, 0.717) is 17.9 Å². The van der Waals surface area contributed by atoms with Crippen molar-refractivity contribution < 1.29 is 9.90 Å². The predicted molar refractivity (Wildman–Crippen MR) is 72.6 cm³/mol. The first kappa shape index (κ1) is 13.9. The van der Waals surface area contributed by atoms with E-state index in [9.17, 15) is 9.90 Å². The van der Waals surface area contributed by atoms with E-state index < -0.39 is 0 Å². The minimum atomic E-state index is -0.126. The van der Waals surface area contributed by atoms with E-state index in [1.54, 1.807) is 11.9 Å². The van der Waals surface area contributed by atoms with Gasteiger partial charge in [0.05, 0.1) is 18.5 Å². The van der Waals surface area contributed by atoms with Gasteiger partial charge >= 0.3 is 0 Å². The van der Waals surface area contributed by atoms with E-state index >= 15 is 0 Å². The molecule has 106 valence electrons. The largest absolute Gasteiger partial charge is 0.396 e. The highest BCUT2D eigenvalue weighted by atomic mass is 16.3. The standard InChI is InChI=1S/C13H22N4O2/c1-16-12(11(14)9-15-16)13(19)17(7-8-18)10-5-3-2-4-6-10/h9-10,18H,2-8,14H2,1H3. The number of nitrogen functional groups attached to an aromatic ring is 1. The third kappa shape index (κ3) is 2.89. The topological polar surface area (TPSA) is 84.4 Å². The van der Waals surface area contributed by atoms with E-state index in [2.05, 4.69) is 5.10 Å². The smallest absolute Gasteiger partial charge is 0.274 e. The van der Waals surface area contributed by atoms with E-state index in [0.717, 1.165) is 25.7 Å². The molecule has 0 atom stereocenters. The number of amides is 1. The maximum Gasteiger partial charge on any atom is 0.274 e. The molecule has 0 aliphatic heterocycles. The Bertz CT molecular complexity index is 418. The lowest BCUT2D eigenvalue weighted by molar-refractivity contribution is 0.0575. The maximum absolute atomic E-state index is 12.6. The van der Waals surface area contributed by atoms with E-state index in [1.807, 2.05) is 0 Å². The Morgan fingerprint density at radius 1 is 1.53 bits per heavy atom. The molecule has 1 heterocycles. The van der Waals surface area contributed by atoms with Gasteiger partial charge in [-0.2, -0.15) is 5.10 Å². The van der Waals surface area contributed by atoms with Crippen LogP contribution in [0.2, 0.25) is 0 Å².